The second-order valence-corrected chi connectivity index (χ2v) is 4.89. The molecule has 1 aromatic rings. The van der Waals surface area contributed by atoms with Gasteiger partial charge < -0.3 is 11.1 Å². The lowest BCUT2D eigenvalue weighted by Crippen LogP contribution is -2.29. The number of pyridine rings is 1. The average molecular weight is 249 g/mol. The van der Waals surface area contributed by atoms with E-state index in [0.717, 1.165) is 24.8 Å². The summed E-state index contributed by atoms with van der Waals surface area (Å²) in [6.45, 7) is 4.50. The number of hydrogen-bond acceptors (Lipinski definition) is 3. The standard InChI is InChI=1S/C14H23N3O/c1-11(5-3-6-12(2)15)14(18)17-10-13-7-4-8-16-9-13/h4,7-9,11-12H,3,5-6,10,15H2,1-2H3,(H,17,18). The van der Waals surface area contributed by atoms with Gasteiger partial charge in [-0.25, -0.2) is 0 Å². The van der Waals surface area contributed by atoms with Gasteiger partial charge in [-0.3, -0.25) is 9.78 Å². The van der Waals surface area contributed by atoms with Crippen LogP contribution in [0.4, 0.5) is 0 Å². The minimum absolute atomic E-state index is 0.0421. The lowest BCUT2D eigenvalue weighted by molar-refractivity contribution is -0.124. The molecular formula is C14H23N3O. The Bertz CT molecular complexity index is 351. The SMILES string of the molecule is CC(N)CCCC(C)C(=O)NCc1cccnc1. The van der Waals surface area contributed by atoms with Crippen molar-refractivity contribution < 1.29 is 4.79 Å². The first-order valence-electron chi connectivity index (χ1n) is 6.51. The van der Waals surface area contributed by atoms with Crippen molar-refractivity contribution in [3.8, 4) is 0 Å². The Morgan fingerprint density at radius 2 is 2.22 bits per heavy atom. The lowest BCUT2D eigenvalue weighted by atomic mass is 10.0. The van der Waals surface area contributed by atoms with Crippen LogP contribution < -0.4 is 11.1 Å². The van der Waals surface area contributed by atoms with Gasteiger partial charge in [-0.05, 0) is 31.4 Å². The minimum atomic E-state index is 0.0421. The third-order valence-corrected chi connectivity index (χ3v) is 2.93. The number of nitrogens with one attached hydrogen (secondary N) is 1. The first-order chi connectivity index (χ1) is 8.59. The monoisotopic (exact) mass is 249 g/mol. The van der Waals surface area contributed by atoms with Crippen molar-refractivity contribution in [2.24, 2.45) is 11.7 Å². The van der Waals surface area contributed by atoms with E-state index in [4.69, 9.17) is 5.73 Å². The molecule has 0 spiro atoms. The second kappa shape index (κ2) is 7.82. The average Bonchev–Trinajstić information content (AvgIpc) is 2.36. The van der Waals surface area contributed by atoms with Crippen LogP contribution in [0.25, 0.3) is 0 Å². The van der Waals surface area contributed by atoms with Crippen molar-refractivity contribution in [2.45, 2.75) is 45.7 Å². The fourth-order valence-corrected chi connectivity index (χ4v) is 1.74. The van der Waals surface area contributed by atoms with E-state index in [0.29, 0.717) is 6.54 Å². The molecule has 0 saturated carbocycles. The van der Waals surface area contributed by atoms with E-state index >= 15 is 0 Å². The molecule has 0 aliphatic carbocycles. The topological polar surface area (TPSA) is 68.0 Å². The van der Waals surface area contributed by atoms with Gasteiger partial charge >= 0.3 is 0 Å². The molecule has 1 amide bonds. The third-order valence-electron chi connectivity index (χ3n) is 2.93. The summed E-state index contributed by atoms with van der Waals surface area (Å²) in [5.74, 6) is 0.143. The Balaban J connectivity index is 2.23. The Kier molecular flexibility index (Phi) is 6.36. The van der Waals surface area contributed by atoms with Crippen LogP contribution in [0, 0.1) is 5.92 Å². The zero-order chi connectivity index (χ0) is 13.4. The molecule has 1 heterocycles. The zero-order valence-electron chi connectivity index (χ0n) is 11.2. The maximum atomic E-state index is 11.8. The van der Waals surface area contributed by atoms with Gasteiger partial charge in [0.05, 0.1) is 0 Å². The Hall–Kier alpha value is -1.42. The molecule has 0 radical (unpaired) electrons. The summed E-state index contributed by atoms with van der Waals surface area (Å²) < 4.78 is 0. The van der Waals surface area contributed by atoms with Gasteiger partial charge in [0, 0.05) is 30.9 Å². The van der Waals surface area contributed by atoms with Gasteiger partial charge in [0.2, 0.25) is 5.91 Å². The van der Waals surface area contributed by atoms with E-state index in [1.807, 2.05) is 26.0 Å². The summed E-state index contributed by atoms with van der Waals surface area (Å²) in [5.41, 5.74) is 6.70. The summed E-state index contributed by atoms with van der Waals surface area (Å²) in [6, 6.07) is 4.04. The summed E-state index contributed by atoms with van der Waals surface area (Å²) in [5, 5.41) is 2.93. The zero-order valence-corrected chi connectivity index (χ0v) is 11.2. The molecule has 2 atom stereocenters. The molecule has 1 rings (SSSR count). The molecule has 3 N–H and O–H groups in total. The van der Waals surface area contributed by atoms with Gasteiger partial charge in [0.1, 0.15) is 0 Å². The van der Waals surface area contributed by atoms with E-state index in [1.54, 1.807) is 12.4 Å². The number of nitrogens with two attached hydrogens (primary N) is 1. The van der Waals surface area contributed by atoms with E-state index in [-0.39, 0.29) is 17.9 Å². The van der Waals surface area contributed by atoms with Gasteiger partial charge in [-0.1, -0.05) is 19.4 Å². The van der Waals surface area contributed by atoms with Crippen molar-refractivity contribution in [2.75, 3.05) is 0 Å². The maximum Gasteiger partial charge on any atom is 0.223 e. The molecular weight excluding hydrogens is 226 g/mol. The van der Waals surface area contributed by atoms with E-state index in [2.05, 4.69) is 10.3 Å². The highest BCUT2D eigenvalue weighted by Gasteiger charge is 2.12. The molecule has 0 bridgehead atoms. The molecule has 18 heavy (non-hydrogen) atoms. The predicted molar refractivity (Wildman–Crippen MR) is 72.7 cm³/mol. The highest BCUT2D eigenvalue weighted by Crippen LogP contribution is 2.09. The number of rotatable bonds is 7. The summed E-state index contributed by atoms with van der Waals surface area (Å²) in [4.78, 5) is 15.8. The molecule has 0 aliphatic heterocycles. The highest BCUT2D eigenvalue weighted by atomic mass is 16.1. The van der Waals surface area contributed by atoms with Crippen LogP contribution in [-0.4, -0.2) is 16.9 Å². The second-order valence-electron chi connectivity index (χ2n) is 4.89. The number of amides is 1. The van der Waals surface area contributed by atoms with Crippen molar-refractivity contribution in [3.05, 3.63) is 30.1 Å². The van der Waals surface area contributed by atoms with Crippen molar-refractivity contribution in [1.82, 2.24) is 10.3 Å². The Morgan fingerprint density at radius 1 is 1.44 bits per heavy atom. The summed E-state index contributed by atoms with van der Waals surface area (Å²) in [6.07, 6.45) is 6.35. The fourth-order valence-electron chi connectivity index (χ4n) is 1.74. The Morgan fingerprint density at radius 3 is 2.83 bits per heavy atom. The van der Waals surface area contributed by atoms with Crippen molar-refractivity contribution >= 4 is 5.91 Å². The first kappa shape index (κ1) is 14.6. The largest absolute Gasteiger partial charge is 0.352 e. The Labute approximate surface area is 109 Å². The van der Waals surface area contributed by atoms with Crippen LogP contribution in [-0.2, 0) is 11.3 Å². The normalized spacial score (nSPS) is 13.9. The van der Waals surface area contributed by atoms with E-state index in [1.165, 1.54) is 0 Å². The molecule has 0 saturated heterocycles. The number of hydrogen-bond donors (Lipinski definition) is 2. The highest BCUT2D eigenvalue weighted by molar-refractivity contribution is 5.78. The van der Waals surface area contributed by atoms with Crippen LogP contribution in [0.3, 0.4) is 0 Å². The minimum Gasteiger partial charge on any atom is -0.352 e. The molecule has 1 aromatic heterocycles. The van der Waals surface area contributed by atoms with Crippen LogP contribution in [0.15, 0.2) is 24.5 Å². The molecule has 0 aromatic carbocycles. The van der Waals surface area contributed by atoms with Gasteiger partial charge in [-0.2, -0.15) is 0 Å². The summed E-state index contributed by atoms with van der Waals surface area (Å²) >= 11 is 0. The first-order valence-corrected chi connectivity index (χ1v) is 6.51. The van der Waals surface area contributed by atoms with Crippen molar-refractivity contribution in [3.63, 3.8) is 0 Å². The number of aromatic nitrogens is 1. The van der Waals surface area contributed by atoms with Gasteiger partial charge in [0.25, 0.3) is 0 Å². The van der Waals surface area contributed by atoms with Crippen molar-refractivity contribution in [1.29, 1.82) is 0 Å². The van der Waals surface area contributed by atoms with E-state index < -0.39 is 0 Å². The van der Waals surface area contributed by atoms with Crippen LogP contribution in [0.1, 0.15) is 38.7 Å². The van der Waals surface area contributed by atoms with E-state index in [9.17, 15) is 4.79 Å². The number of carbonyl (C=O) groups is 1. The van der Waals surface area contributed by atoms with Crippen LogP contribution in [0.2, 0.25) is 0 Å². The fraction of sp³-hybridized carbons (Fsp3) is 0.571. The smallest absolute Gasteiger partial charge is 0.223 e. The molecule has 0 aliphatic rings. The molecule has 4 nitrogen and oxygen atoms in total. The van der Waals surface area contributed by atoms with Crippen LogP contribution in [0.5, 0.6) is 0 Å². The molecule has 4 heteroatoms. The van der Waals surface area contributed by atoms with Gasteiger partial charge in [-0.15, -0.1) is 0 Å². The molecule has 0 fully saturated rings. The third kappa shape index (κ3) is 5.77. The van der Waals surface area contributed by atoms with Gasteiger partial charge in [0.15, 0.2) is 0 Å². The number of carbonyl (C=O) groups excluding carboxylic acids is 1. The molecule has 100 valence electrons. The predicted octanol–water partition coefficient (Wildman–Crippen LogP) is 1.85. The quantitative estimate of drug-likeness (QED) is 0.775. The molecule has 2 unspecified atom stereocenters. The maximum absolute atomic E-state index is 11.8. The summed E-state index contributed by atoms with van der Waals surface area (Å²) in [7, 11) is 0. The number of nitrogens with zero attached hydrogens (tertiary/aromatic N) is 1. The van der Waals surface area contributed by atoms with Crippen LogP contribution >= 0.6 is 0 Å². The lowest BCUT2D eigenvalue weighted by Gasteiger charge is -2.12.